The van der Waals surface area contributed by atoms with Crippen LogP contribution in [0.15, 0.2) is 72.9 Å². The molecule has 0 radical (unpaired) electrons. The van der Waals surface area contributed by atoms with Crippen molar-refractivity contribution in [3.8, 4) is 0 Å². The Morgan fingerprint density at radius 3 is 2.48 bits per heavy atom. The summed E-state index contributed by atoms with van der Waals surface area (Å²) >= 11 is 0. The molecule has 126 valence electrons. The lowest BCUT2D eigenvalue weighted by atomic mass is 10.0. The maximum atomic E-state index is 13.1. The van der Waals surface area contributed by atoms with Crippen LogP contribution in [0.1, 0.15) is 27.8 Å². The van der Waals surface area contributed by atoms with Crippen LogP contribution in [-0.4, -0.2) is 21.9 Å². The van der Waals surface area contributed by atoms with Crippen LogP contribution < -0.4 is 5.32 Å². The van der Waals surface area contributed by atoms with Gasteiger partial charge in [-0.25, -0.2) is 0 Å². The first-order valence-corrected chi connectivity index (χ1v) is 8.56. The number of carbonyl (C=O) groups excluding carboxylic acids is 1. The number of rotatable bonds is 4. The third-order valence-electron chi connectivity index (χ3n) is 4.77. The highest BCUT2D eigenvalue weighted by Gasteiger charge is 2.33. The number of hydrogen-bond acceptors (Lipinski definition) is 2. The van der Waals surface area contributed by atoms with Crippen molar-refractivity contribution in [2.45, 2.75) is 12.6 Å². The van der Waals surface area contributed by atoms with Gasteiger partial charge in [-0.2, -0.15) is 0 Å². The van der Waals surface area contributed by atoms with E-state index in [4.69, 9.17) is 0 Å². The summed E-state index contributed by atoms with van der Waals surface area (Å²) in [6.45, 7) is 0.667. The third-order valence-corrected chi connectivity index (χ3v) is 4.77. The average Bonchev–Trinajstić information content (AvgIpc) is 3.07. The molecule has 1 aliphatic heterocycles. The Balaban J connectivity index is 1.67. The van der Waals surface area contributed by atoms with Crippen molar-refractivity contribution in [2.75, 3.05) is 11.9 Å². The van der Waals surface area contributed by atoms with E-state index in [0.29, 0.717) is 6.54 Å². The lowest BCUT2D eigenvalue weighted by molar-refractivity contribution is 0.0680. The summed E-state index contributed by atoms with van der Waals surface area (Å²) in [7, 11) is 2.01. The number of hydrogen-bond donors (Lipinski definition) is 1. The number of fused-ring (bicyclic) bond motifs is 1. The van der Waals surface area contributed by atoms with Crippen molar-refractivity contribution in [1.29, 1.82) is 0 Å². The lowest BCUT2D eigenvalue weighted by Gasteiger charge is -2.38. The van der Waals surface area contributed by atoms with E-state index in [1.807, 2.05) is 66.7 Å². The summed E-state index contributed by atoms with van der Waals surface area (Å²) in [5.41, 5.74) is 3.95. The van der Waals surface area contributed by atoms with Gasteiger partial charge in [-0.15, -0.1) is 0 Å². The average molecular weight is 331 g/mol. The van der Waals surface area contributed by atoms with E-state index in [9.17, 15) is 4.79 Å². The maximum absolute atomic E-state index is 13.1. The van der Waals surface area contributed by atoms with Crippen LogP contribution in [0.5, 0.6) is 0 Å². The molecule has 1 aliphatic rings. The van der Waals surface area contributed by atoms with E-state index in [0.717, 1.165) is 23.4 Å². The number of nitrogens with one attached hydrogen (secondary N) is 1. The van der Waals surface area contributed by atoms with E-state index < -0.39 is 0 Å². The van der Waals surface area contributed by atoms with E-state index in [1.54, 1.807) is 0 Å². The fourth-order valence-corrected chi connectivity index (χ4v) is 3.41. The van der Waals surface area contributed by atoms with Crippen LogP contribution in [0.25, 0.3) is 0 Å². The van der Waals surface area contributed by atoms with Gasteiger partial charge < -0.3 is 14.8 Å². The van der Waals surface area contributed by atoms with Gasteiger partial charge in [0.25, 0.3) is 5.91 Å². The molecule has 4 rings (SSSR count). The third kappa shape index (κ3) is 2.91. The highest BCUT2D eigenvalue weighted by molar-refractivity contribution is 6.01. The minimum absolute atomic E-state index is 0.0801. The zero-order valence-electron chi connectivity index (χ0n) is 14.2. The Bertz CT molecular complexity index is 885. The summed E-state index contributed by atoms with van der Waals surface area (Å²) in [4.78, 5) is 15.1. The largest absolute Gasteiger partial charge is 0.360 e. The van der Waals surface area contributed by atoms with E-state index in [2.05, 4.69) is 28.1 Å². The molecule has 0 saturated carbocycles. The minimum atomic E-state index is -0.161. The molecular weight excluding hydrogens is 310 g/mol. The van der Waals surface area contributed by atoms with Gasteiger partial charge in [-0.05, 0) is 36.2 Å². The molecular formula is C21H21N3O. The zero-order valence-corrected chi connectivity index (χ0v) is 14.2. The predicted molar refractivity (Wildman–Crippen MR) is 99.4 cm³/mol. The van der Waals surface area contributed by atoms with Crippen molar-refractivity contribution >= 4 is 11.6 Å². The van der Waals surface area contributed by atoms with Crippen molar-refractivity contribution in [1.82, 2.24) is 9.47 Å². The van der Waals surface area contributed by atoms with Crippen LogP contribution in [0.4, 0.5) is 5.69 Å². The van der Waals surface area contributed by atoms with Crippen molar-refractivity contribution in [2.24, 2.45) is 7.05 Å². The van der Waals surface area contributed by atoms with Crippen LogP contribution in [0.2, 0.25) is 0 Å². The zero-order chi connectivity index (χ0) is 17.2. The molecule has 1 unspecified atom stereocenters. The fourth-order valence-electron chi connectivity index (χ4n) is 3.41. The maximum Gasteiger partial charge on any atom is 0.257 e. The SMILES string of the molecule is Cn1cccc1C1Nc2ccccc2C(=O)N1CCc1ccccc1. The first kappa shape index (κ1) is 15.5. The summed E-state index contributed by atoms with van der Waals surface area (Å²) in [5.74, 6) is 0.0801. The molecule has 4 nitrogen and oxygen atoms in total. The number of carbonyl (C=O) groups is 1. The number of aryl methyl sites for hydroxylation is 1. The van der Waals surface area contributed by atoms with Crippen LogP contribution >= 0.6 is 0 Å². The van der Waals surface area contributed by atoms with Crippen LogP contribution in [0.3, 0.4) is 0 Å². The van der Waals surface area contributed by atoms with Crippen LogP contribution in [0, 0.1) is 0 Å². The molecule has 0 fully saturated rings. The summed E-state index contributed by atoms with van der Waals surface area (Å²) in [6, 6.07) is 22.1. The van der Waals surface area contributed by atoms with E-state index in [1.165, 1.54) is 5.56 Å². The molecule has 2 aromatic carbocycles. The second kappa shape index (κ2) is 6.48. The highest BCUT2D eigenvalue weighted by atomic mass is 16.2. The van der Waals surface area contributed by atoms with Gasteiger partial charge in [0, 0.05) is 25.5 Å². The first-order valence-electron chi connectivity index (χ1n) is 8.56. The fraction of sp³-hybridized carbons (Fsp3) is 0.190. The summed E-state index contributed by atoms with van der Waals surface area (Å²) < 4.78 is 2.06. The normalized spacial score (nSPS) is 16.4. The van der Waals surface area contributed by atoms with E-state index in [-0.39, 0.29) is 12.1 Å². The number of aromatic nitrogens is 1. The van der Waals surface area contributed by atoms with Crippen molar-refractivity contribution < 1.29 is 4.79 Å². The molecule has 0 saturated heterocycles. The minimum Gasteiger partial charge on any atom is -0.360 e. The highest BCUT2D eigenvalue weighted by Crippen LogP contribution is 2.33. The molecule has 25 heavy (non-hydrogen) atoms. The molecule has 0 aliphatic carbocycles. The molecule has 4 heteroatoms. The van der Waals surface area contributed by atoms with Crippen LogP contribution in [-0.2, 0) is 13.5 Å². The van der Waals surface area contributed by atoms with Gasteiger partial charge in [0.2, 0.25) is 0 Å². The second-order valence-electron chi connectivity index (χ2n) is 6.37. The number of amides is 1. The molecule has 1 amide bonds. The Labute approximate surface area is 147 Å². The van der Waals surface area contributed by atoms with Gasteiger partial charge in [-0.1, -0.05) is 42.5 Å². The molecule has 0 spiro atoms. The smallest absolute Gasteiger partial charge is 0.257 e. The Hall–Kier alpha value is -3.01. The first-order chi connectivity index (χ1) is 12.2. The quantitative estimate of drug-likeness (QED) is 0.789. The molecule has 1 atom stereocenters. The predicted octanol–water partition coefficient (Wildman–Crippen LogP) is 3.83. The Kier molecular flexibility index (Phi) is 4.02. The molecule has 1 N–H and O–H groups in total. The van der Waals surface area contributed by atoms with Gasteiger partial charge in [-0.3, -0.25) is 4.79 Å². The standard InChI is InChI=1S/C21H21N3O/c1-23-14-7-12-19(23)20-22-18-11-6-5-10-17(18)21(25)24(20)15-13-16-8-3-2-4-9-16/h2-12,14,20,22H,13,15H2,1H3. The monoisotopic (exact) mass is 331 g/mol. The number of para-hydroxylation sites is 1. The molecule has 1 aromatic heterocycles. The van der Waals surface area contributed by atoms with Crippen molar-refractivity contribution in [3.05, 3.63) is 89.7 Å². The number of anilines is 1. The van der Waals surface area contributed by atoms with Gasteiger partial charge in [0.1, 0.15) is 6.17 Å². The van der Waals surface area contributed by atoms with Crippen molar-refractivity contribution in [3.63, 3.8) is 0 Å². The number of nitrogens with zero attached hydrogens (tertiary/aromatic N) is 2. The number of benzene rings is 2. The second-order valence-corrected chi connectivity index (χ2v) is 6.37. The summed E-state index contributed by atoms with van der Waals surface area (Å²) in [5, 5.41) is 3.54. The molecule has 3 aromatic rings. The van der Waals surface area contributed by atoms with Gasteiger partial charge in [0.15, 0.2) is 0 Å². The Morgan fingerprint density at radius 1 is 0.960 bits per heavy atom. The lowest BCUT2D eigenvalue weighted by Crippen LogP contribution is -2.44. The summed E-state index contributed by atoms with van der Waals surface area (Å²) in [6.07, 6.45) is 2.68. The van der Waals surface area contributed by atoms with Gasteiger partial charge >= 0.3 is 0 Å². The van der Waals surface area contributed by atoms with E-state index >= 15 is 0 Å². The Morgan fingerprint density at radius 2 is 1.72 bits per heavy atom. The topological polar surface area (TPSA) is 37.3 Å². The molecule has 0 bridgehead atoms. The van der Waals surface area contributed by atoms with Gasteiger partial charge in [0.05, 0.1) is 11.3 Å². The molecule has 2 heterocycles.